The van der Waals surface area contributed by atoms with Crippen LogP contribution in [0.15, 0.2) is 6.07 Å². The molecule has 0 saturated carbocycles. The third-order valence-corrected chi connectivity index (χ3v) is 2.69. The van der Waals surface area contributed by atoms with Gasteiger partial charge >= 0.3 is 5.97 Å². The number of nitrogens with zero attached hydrogens (tertiary/aromatic N) is 2. The van der Waals surface area contributed by atoms with Crippen molar-refractivity contribution in [1.82, 2.24) is 15.1 Å². The number of aromatic nitrogens is 2. The van der Waals surface area contributed by atoms with E-state index >= 15 is 0 Å². The average molecular weight is 209 g/mol. The second-order valence-corrected chi connectivity index (χ2v) is 3.92. The van der Waals surface area contributed by atoms with Crippen LogP contribution in [0.2, 0.25) is 0 Å². The highest BCUT2D eigenvalue weighted by atomic mass is 16.4. The van der Waals surface area contributed by atoms with E-state index in [9.17, 15) is 4.79 Å². The number of rotatable bonds is 3. The molecule has 2 N–H and O–H groups in total. The second-order valence-electron chi connectivity index (χ2n) is 3.92. The standard InChI is InChI=1S/C10H15N3O2/c14-10(15)9-6-8(11-12-9)7-13-4-2-1-3-5-13/h6H,1-5,7H2,(H,11,12)(H,14,15). The van der Waals surface area contributed by atoms with Crippen LogP contribution >= 0.6 is 0 Å². The molecule has 1 aromatic rings. The van der Waals surface area contributed by atoms with Crippen LogP contribution in [0.1, 0.15) is 35.4 Å². The van der Waals surface area contributed by atoms with Crippen LogP contribution in [0.3, 0.4) is 0 Å². The van der Waals surface area contributed by atoms with Gasteiger partial charge in [0, 0.05) is 6.54 Å². The van der Waals surface area contributed by atoms with Crippen LogP contribution in [0.4, 0.5) is 0 Å². The minimum Gasteiger partial charge on any atom is -0.476 e. The first kappa shape index (κ1) is 10.2. The van der Waals surface area contributed by atoms with Gasteiger partial charge in [-0.15, -0.1) is 0 Å². The number of carbonyl (C=O) groups is 1. The molecule has 82 valence electrons. The molecule has 0 spiro atoms. The van der Waals surface area contributed by atoms with Gasteiger partial charge in [0.05, 0.1) is 5.69 Å². The molecule has 0 aromatic carbocycles. The van der Waals surface area contributed by atoms with Crippen molar-refractivity contribution < 1.29 is 9.90 Å². The number of aromatic carboxylic acids is 1. The van der Waals surface area contributed by atoms with Crippen molar-refractivity contribution in [3.8, 4) is 0 Å². The number of nitrogens with one attached hydrogen (secondary N) is 1. The van der Waals surface area contributed by atoms with E-state index in [0.717, 1.165) is 25.3 Å². The fraction of sp³-hybridized carbons (Fsp3) is 0.600. The molecule has 0 unspecified atom stereocenters. The van der Waals surface area contributed by atoms with Crippen molar-refractivity contribution in [1.29, 1.82) is 0 Å². The quantitative estimate of drug-likeness (QED) is 0.782. The molecule has 0 amide bonds. The monoisotopic (exact) mass is 209 g/mol. The van der Waals surface area contributed by atoms with Gasteiger partial charge in [0.15, 0.2) is 5.69 Å². The largest absolute Gasteiger partial charge is 0.476 e. The van der Waals surface area contributed by atoms with Gasteiger partial charge in [-0.25, -0.2) is 4.79 Å². The summed E-state index contributed by atoms with van der Waals surface area (Å²) in [5.74, 6) is -0.976. The lowest BCUT2D eigenvalue weighted by molar-refractivity contribution is 0.0690. The molecule has 0 aliphatic carbocycles. The molecule has 0 bridgehead atoms. The van der Waals surface area contributed by atoms with E-state index in [4.69, 9.17) is 5.11 Å². The first-order valence-corrected chi connectivity index (χ1v) is 5.25. The fourth-order valence-electron chi connectivity index (χ4n) is 1.91. The van der Waals surface area contributed by atoms with Crippen LogP contribution in [-0.4, -0.2) is 39.3 Å². The first-order valence-electron chi connectivity index (χ1n) is 5.25. The number of piperidine rings is 1. The van der Waals surface area contributed by atoms with Gasteiger partial charge < -0.3 is 5.11 Å². The van der Waals surface area contributed by atoms with Crippen LogP contribution in [-0.2, 0) is 6.54 Å². The maximum Gasteiger partial charge on any atom is 0.356 e. The van der Waals surface area contributed by atoms with Crippen molar-refractivity contribution in [3.63, 3.8) is 0 Å². The summed E-state index contributed by atoms with van der Waals surface area (Å²) >= 11 is 0. The van der Waals surface area contributed by atoms with E-state index in [0.29, 0.717) is 0 Å². The summed E-state index contributed by atoms with van der Waals surface area (Å²) in [6.45, 7) is 2.98. The van der Waals surface area contributed by atoms with Crippen LogP contribution in [0, 0.1) is 0 Å². The van der Waals surface area contributed by atoms with Crippen molar-refractivity contribution in [3.05, 3.63) is 17.5 Å². The van der Waals surface area contributed by atoms with E-state index < -0.39 is 5.97 Å². The molecule has 15 heavy (non-hydrogen) atoms. The highest BCUT2D eigenvalue weighted by molar-refractivity contribution is 5.85. The predicted molar refractivity (Wildman–Crippen MR) is 54.7 cm³/mol. The number of hydrogen-bond acceptors (Lipinski definition) is 3. The summed E-state index contributed by atoms with van der Waals surface area (Å²) < 4.78 is 0. The summed E-state index contributed by atoms with van der Waals surface area (Å²) in [6, 6.07) is 1.61. The first-order chi connectivity index (χ1) is 7.25. The van der Waals surface area contributed by atoms with Gasteiger partial charge in [0.2, 0.25) is 0 Å². The maximum absolute atomic E-state index is 10.6. The Morgan fingerprint density at radius 2 is 2.20 bits per heavy atom. The number of carboxylic acid groups (broad SMARTS) is 1. The van der Waals surface area contributed by atoms with E-state index in [-0.39, 0.29) is 5.69 Å². The number of H-pyrrole nitrogens is 1. The second kappa shape index (κ2) is 4.44. The third-order valence-electron chi connectivity index (χ3n) is 2.69. The molecule has 2 rings (SSSR count). The average Bonchev–Trinajstić information content (AvgIpc) is 2.68. The Morgan fingerprint density at radius 3 is 2.80 bits per heavy atom. The van der Waals surface area contributed by atoms with Gasteiger partial charge in [-0.05, 0) is 32.0 Å². The zero-order chi connectivity index (χ0) is 10.7. The molecule has 5 heteroatoms. The molecule has 1 aliphatic heterocycles. The summed E-state index contributed by atoms with van der Waals surface area (Å²) in [4.78, 5) is 12.9. The Balaban J connectivity index is 1.94. The van der Waals surface area contributed by atoms with Gasteiger partial charge in [-0.2, -0.15) is 5.10 Å². The molecule has 0 radical (unpaired) electrons. The highest BCUT2D eigenvalue weighted by Gasteiger charge is 2.13. The highest BCUT2D eigenvalue weighted by Crippen LogP contribution is 2.12. The number of hydrogen-bond donors (Lipinski definition) is 2. The Kier molecular flexibility index (Phi) is 3.01. The van der Waals surface area contributed by atoms with Gasteiger partial charge in [-0.3, -0.25) is 10.00 Å². The lowest BCUT2D eigenvalue weighted by Crippen LogP contribution is -2.29. The summed E-state index contributed by atoms with van der Waals surface area (Å²) in [7, 11) is 0. The molecule has 1 fully saturated rings. The van der Waals surface area contributed by atoms with Crippen LogP contribution in [0.25, 0.3) is 0 Å². The van der Waals surface area contributed by atoms with Crippen molar-refractivity contribution in [2.45, 2.75) is 25.8 Å². The third kappa shape index (κ3) is 2.56. The summed E-state index contributed by atoms with van der Waals surface area (Å²) in [5.41, 5.74) is 0.983. The van der Waals surface area contributed by atoms with Crippen molar-refractivity contribution in [2.75, 3.05) is 13.1 Å². The molecule has 0 atom stereocenters. The smallest absolute Gasteiger partial charge is 0.356 e. The molecular formula is C10H15N3O2. The van der Waals surface area contributed by atoms with Crippen LogP contribution in [0.5, 0.6) is 0 Å². The Bertz CT molecular complexity index is 342. The van der Waals surface area contributed by atoms with E-state index in [2.05, 4.69) is 15.1 Å². The summed E-state index contributed by atoms with van der Waals surface area (Å²) in [5, 5.41) is 15.2. The van der Waals surface area contributed by atoms with Gasteiger partial charge in [-0.1, -0.05) is 6.42 Å². The molecule has 1 aromatic heterocycles. The zero-order valence-electron chi connectivity index (χ0n) is 8.57. The lowest BCUT2D eigenvalue weighted by Gasteiger charge is -2.25. The SMILES string of the molecule is O=C(O)c1cc(CN2CCCCC2)[nH]n1. The van der Waals surface area contributed by atoms with E-state index in [1.54, 1.807) is 6.07 Å². The van der Waals surface area contributed by atoms with Crippen molar-refractivity contribution >= 4 is 5.97 Å². The molecule has 1 aliphatic rings. The molecule has 2 heterocycles. The maximum atomic E-state index is 10.6. The minimum atomic E-state index is -0.976. The normalized spacial score (nSPS) is 17.9. The summed E-state index contributed by atoms with van der Waals surface area (Å²) in [6.07, 6.45) is 3.78. The lowest BCUT2D eigenvalue weighted by atomic mass is 10.1. The topological polar surface area (TPSA) is 69.2 Å². The predicted octanol–water partition coefficient (Wildman–Crippen LogP) is 1.09. The number of carboxylic acids is 1. The van der Waals surface area contributed by atoms with Gasteiger partial charge in [0.1, 0.15) is 0 Å². The molecule has 1 saturated heterocycles. The molecular weight excluding hydrogens is 194 g/mol. The Hall–Kier alpha value is -1.36. The fourth-order valence-corrected chi connectivity index (χ4v) is 1.91. The van der Waals surface area contributed by atoms with Gasteiger partial charge in [0.25, 0.3) is 0 Å². The minimum absolute atomic E-state index is 0.0991. The molecule has 5 nitrogen and oxygen atoms in total. The number of aromatic amines is 1. The Labute approximate surface area is 88.1 Å². The van der Waals surface area contributed by atoms with E-state index in [1.165, 1.54) is 19.3 Å². The van der Waals surface area contributed by atoms with E-state index in [1.807, 2.05) is 0 Å². The zero-order valence-corrected chi connectivity index (χ0v) is 8.57. The van der Waals surface area contributed by atoms with Crippen molar-refractivity contribution in [2.24, 2.45) is 0 Å². The Morgan fingerprint density at radius 1 is 1.47 bits per heavy atom. The number of likely N-dealkylation sites (tertiary alicyclic amines) is 1. The van der Waals surface area contributed by atoms with Crippen LogP contribution < -0.4 is 0 Å².